The van der Waals surface area contributed by atoms with Gasteiger partial charge in [-0.15, -0.1) is 6.58 Å². The van der Waals surface area contributed by atoms with E-state index in [2.05, 4.69) is 6.58 Å². The average molecular weight is 245 g/mol. The summed E-state index contributed by atoms with van der Waals surface area (Å²) in [5.41, 5.74) is 0. The maximum absolute atomic E-state index is 11.0. The molecule has 0 aliphatic rings. The Labute approximate surface area is 110 Å². The predicted molar refractivity (Wildman–Crippen MR) is 47.6 cm³/mol. The van der Waals surface area contributed by atoms with Crippen molar-refractivity contribution in [3.63, 3.8) is 0 Å². The van der Waals surface area contributed by atoms with Gasteiger partial charge in [-0.3, -0.25) is 10.0 Å². The van der Waals surface area contributed by atoms with E-state index in [0.29, 0.717) is 5.06 Å². The monoisotopic (exact) mass is 245 g/mol. The molecule has 0 aliphatic heterocycles. The first-order valence-electron chi connectivity index (χ1n) is 4.00. The maximum atomic E-state index is 11.0. The molecule has 0 saturated heterocycles. The van der Waals surface area contributed by atoms with Gasteiger partial charge >= 0.3 is 29.6 Å². The van der Waals surface area contributed by atoms with E-state index >= 15 is 0 Å². The van der Waals surface area contributed by atoms with Crippen LogP contribution in [0.2, 0.25) is 0 Å². The van der Waals surface area contributed by atoms with Crippen LogP contribution in [0, 0.1) is 0 Å². The van der Waals surface area contributed by atoms with Crippen LogP contribution < -0.4 is 34.5 Å². The van der Waals surface area contributed by atoms with Crippen molar-refractivity contribution < 1.29 is 53.9 Å². The second kappa shape index (κ2) is 8.47. The zero-order valence-electron chi connectivity index (χ0n) is 8.63. The van der Waals surface area contributed by atoms with E-state index in [1.54, 1.807) is 0 Å². The zero-order valence-corrected chi connectivity index (χ0v) is 11.5. The van der Waals surface area contributed by atoms with Gasteiger partial charge in [-0.1, -0.05) is 6.08 Å². The Bertz CT molecular complexity index is 254. The molecule has 0 bridgehead atoms. The van der Waals surface area contributed by atoms with Gasteiger partial charge in [-0.05, 0) is 6.42 Å². The maximum Gasteiger partial charge on any atom is 1.00 e. The van der Waals surface area contributed by atoms with E-state index in [1.807, 2.05) is 0 Å². The fraction of sp³-hybridized carbons (Fsp3) is 0.571. The van der Waals surface area contributed by atoms with E-state index in [-0.39, 0.29) is 48.9 Å². The molecule has 0 aromatic carbocycles. The second-order valence-electron chi connectivity index (χ2n) is 2.73. The van der Waals surface area contributed by atoms with Gasteiger partial charge in [-0.2, -0.15) is 0 Å². The van der Waals surface area contributed by atoms with Crippen molar-refractivity contribution in [1.82, 2.24) is 5.06 Å². The fourth-order valence-corrected chi connectivity index (χ4v) is 1.34. The molecule has 2 N–H and O–H groups in total. The molecule has 0 fully saturated rings. The third-order valence-corrected chi connectivity index (χ3v) is 2.30. The van der Waals surface area contributed by atoms with Gasteiger partial charge in [0.1, 0.15) is 7.60 Å². The molecular weight excluding hydrogens is 232 g/mol. The number of rotatable bonds is 6. The molecule has 0 aliphatic carbocycles. The minimum Gasteiger partial charge on any atom is -0.779 e. The van der Waals surface area contributed by atoms with Gasteiger partial charge in [0.15, 0.2) is 0 Å². The molecule has 1 atom stereocenters. The summed E-state index contributed by atoms with van der Waals surface area (Å²) in [6, 6.07) is 0. The number of nitrogens with zero attached hydrogens (tertiary/aromatic N) is 1. The quantitative estimate of drug-likeness (QED) is 0.168. The Hall–Kier alpha value is 0.320. The van der Waals surface area contributed by atoms with E-state index in [4.69, 9.17) is 10.1 Å². The summed E-state index contributed by atoms with van der Waals surface area (Å²) >= 11 is 0. The van der Waals surface area contributed by atoms with E-state index in [1.165, 1.54) is 6.08 Å². The molecule has 8 heteroatoms. The number of carbonyl (C=O) groups is 1. The number of hydrogen-bond acceptors (Lipinski definition) is 4. The van der Waals surface area contributed by atoms with Crippen LogP contribution in [-0.2, 0) is 9.36 Å². The average Bonchev–Trinajstić information content (AvgIpc) is 2.02. The van der Waals surface area contributed by atoms with Gasteiger partial charge in [-0.25, -0.2) is 5.06 Å². The van der Waals surface area contributed by atoms with Crippen LogP contribution in [0.4, 0.5) is 0 Å². The van der Waals surface area contributed by atoms with Crippen molar-refractivity contribution in [2.75, 3.05) is 12.7 Å². The number of carbonyl (C=O) groups excluding carboxylic acids is 1. The van der Waals surface area contributed by atoms with Gasteiger partial charge in [0, 0.05) is 12.6 Å². The van der Waals surface area contributed by atoms with Crippen LogP contribution in [0.25, 0.3) is 0 Å². The topological polar surface area (TPSA) is 101 Å². The summed E-state index contributed by atoms with van der Waals surface area (Å²) in [6.07, 6.45) is 0.741. The molecule has 15 heavy (non-hydrogen) atoms. The Morgan fingerprint density at radius 3 is 2.53 bits per heavy atom. The molecule has 6 nitrogen and oxygen atoms in total. The van der Waals surface area contributed by atoms with Crippen LogP contribution >= 0.6 is 7.60 Å². The SMILES string of the molecule is C=CCN(O)C(=O)CCCP(=O)([O-])O.[Na+]. The predicted octanol–water partition coefficient (Wildman–Crippen LogP) is -3.28. The Kier molecular flexibility index (Phi) is 10.00. The van der Waals surface area contributed by atoms with Crippen LogP contribution in [0.15, 0.2) is 12.7 Å². The molecular formula is C7H13NNaO5P. The molecule has 82 valence electrons. The van der Waals surface area contributed by atoms with Crippen molar-refractivity contribution in [1.29, 1.82) is 0 Å². The number of amides is 1. The van der Waals surface area contributed by atoms with Gasteiger partial charge in [0.2, 0.25) is 5.91 Å². The minimum absolute atomic E-state index is 0. The second-order valence-corrected chi connectivity index (χ2v) is 4.45. The zero-order chi connectivity index (χ0) is 11.2. The first-order valence-corrected chi connectivity index (χ1v) is 5.76. The van der Waals surface area contributed by atoms with Crippen LogP contribution in [0.5, 0.6) is 0 Å². The van der Waals surface area contributed by atoms with Crippen LogP contribution in [0.1, 0.15) is 12.8 Å². The summed E-state index contributed by atoms with van der Waals surface area (Å²) in [5, 5.41) is 9.39. The normalized spacial score (nSPS) is 13.5. The van der Waals surface area contributed by atoms with E-state index in [0.717, 1.165) is 0 Å². The van der Waals surface area contributed by atoms with Crippen LogP contribution in [-0.4, -0.2) is 33.8 Å². The molecule has 1 unspecified atom stereocenters. The smallest absolute Gasteiger partial charge is 0.779 e. The van der Waals surface area contributed by atoms with Gasteiger partial charge < -0.3 is 14.4 Å². The van der Waals surface area contributed by atoms with Crippen molar-refractivity contribution in [3.8, 4) is 0 Å². The third kappa shape index (κ3) is 10.6. The molecule has 0 heterocycles. The third-order valence-electron chi connectivity index (χ3n) is 1.42. The summed E-state index contributed by atoms with van der Waals surface area (Å²) in [4.78, 5) is 29.6. The van der Waals surface area contributed by atoms with Crippen molar-refractivity contribution in [2.45, 2.75) is 12.8 Å². The molecule has 0 aromatic heterocycles. The van der Waals surface area contributed by atoms with Gasteiger partial charge in [0.05, 0.1) is 6.54 Å². The molecule has 0 aromatic rings. The summed E-state index contributed by atoms with van der Waals surface area (Å²) in [7, 11) is -4.29. The minimum atomic E-state index is -4.29. The molecule has 1 amide bonds. The van der Waals surface area contributed by atoms with E-state index < -0.39 is 19.7 Å². The summed E-state index contributed by atoms with van der Waals surface area (Å²) in [6.45, 7) is 3.31. The van der Waals surface area contributed by atoms with Crippen LogP contribution in [0.3, 0.4) is 0 Å². The fourth-order valence-electron chi connectivity index (χ4n) is 0.783. The number of hydroxylamine groups is 2. The van der Waals surface area contributed by atoms with Crippen molar-refractivity contribution in [3.05, 3.63) is 12.7 Å². The molecule has 0 spiro atoms. The first kappa shape index (κ1) is 17.7. The Morgan fingerprint density at radius 2 is 2.13 bits per heavy atom. The molecule has 0 rings (SSSR count). The Balaban J connectivity index is 0. The molecule has 0 radical (unpaired) electrons. The van der Waals surface area contributed by atoms with Crippen molar-refractivity contribution >= 4 is 13.5 Å². The molecule has 0 saturated carbocycles. The Morgan fingerprint density at radius 1 is 1.60 bits per heavy atom. The van der Waals surface area contributed by atoms with E-state index in [9.17, 15) is 14.3 Å². The van der Waals surface area contributed by atoms with Gasteiger partial charge in [0.25, 0.3) is 0 Å². The standard InChI is InChI=1S/C7H14NO5P.Na/c1-2-5-8(10)7(9)4-3-6-14(11,12)13;/h2,10H,1,3-6H2,(H2,11,12,13);/q;+1/p-1. The summed E-state index contributed by atoms with van der Waals surface area (Å²) < 4.78 is 10.3. The first-order chi connectivity index (χ1) is 6.37. The number of hydrogen-bond donors (Lipinski definition) is 2. The largest absolute Gasteiger partial charge is 1.00 e. The summed E-state index contributed by atoms with van der Waals surface area (Å²) in [5.74, 6) is -0.599. The van der Waals surface area contributed by atoms with Crippen molar-refractivity contribution in [2.24, 2.45) is 0 Å².